The summed E-state index contributed by atoms with van der Waals surface area (Å²) < 4.78 is 15.9. The van der Waals surface area contributed by atoms with Crippen LogP contribution < -0.4 is 0 Å². The fourth-order valence-corrected chi connectivity index (χ4v) is 4.11. The summed E-state index contributed by atoms with van der Waals surface area (Å²) in [5.41, 5.74) is 0. The normalized spacial score (nSPS) is 11.0. The Morgan fingerprint density at radius 3 is 1.00 bits per heavy atom. The van der Waals surface area contributed by atoms with Crippen molar-refractivity contribution in [2.75, 3.05) is 26.4 Å². The molecule has 0 atom stereocenters. The van der Waals surface area contributed by atoms with Gasteiger partial charge in [0.05, 0.1) is 39.3 Å². The van der Waals surface area contributed by atoms with E-state index in [0.717, 1.165) is 25.7 Å². The number of rotatable bonds is 28. The minimum Gasteiger partial charge on any atom is -0.466 e. The Morgan fingerprint density at radius 2 is 0.686 bits per heavy atom. The molecule has 0 saturated carbocycles. The number of hydrogen-bond acceptors (Lipinski definition) is 5. The molecule has 0 aromatic rings. The van der Waals surface area contributed by atoms with Gasteiger partial charge < -0.3 is 14.2 Å². The van der Waals surface area contributed by atoms with E-state index in [0.29, 0.717) is 26.4 Å². The van der Waals surface area contributed by atoms with E-state index in [2.05, 4.69) is 13.8 Å². The summed E-state index contributed by atoms with van der Waals surface area (Å²) in [4.78, 5) is 23.5. The van der Waals surface area contributed by atoms with Crippen LogP contribution in [0.15, 0.2) is 0 Å². The Bertz CT molecular complexity index is 412. The Hall–Kier alpha value is -1.10. The lowest BCUT2D eigenvalue weighted by atomic mass is 10.1. The summed E-state index contributed by atoms with van der Waals surface area (Å²) in [5.74, 6) is -0.436. The van der Waals surface area contributed by atoms with Crippen molar-refractivity contribution in [3.63, 3.8) is 0 Å². The highest BCUT2D eigenvalue weighted by Crippen LogP contribution is 2.11. The highest BCUT2D eigenvalue weighted by Gasteiger charge is 2.05. The van der Waals surface area contributed by atoms with Gasteiger partial charge in [-0.3, -0.25) is 9.59 Å². The summed E-state index contributed by atoms with van der Waals surface area (Å²) >= 11 is 0. The zero-order valence-corrected chi connectivity index (χ0v) is 23.4. The first-order valence-corrected chi connectivity index (χ1v) is 15.1. The van der Waals surface area contributed by atoms with Gasteiger partial charge in [0.15, 0.2) is 0 Å². The van der Waals surface area contributed by atoms with Crippen LogP contribution in [0.5, 0.6) is 0 Å². The lowest BCUT2D eigenvalue weighted by Gasteiger charge is -2.07. The zero-order valence-electron chi connectivity index (χ0n) is 23.4. The molecule has 5 heteroatoms. The molecule has 0 amide bonds. The maximum absolute atomic E-state index is 11.7. The Morgan fingerprint density at radius 1 is 0.400 bits per heavy atom. The summed E-state index contributed by atoms with van der Waals surface area (Å²) in [6.45, 7) is 6.09. The first kappa shape index (κ1) is 33.9. The average Bonchev–Trinajstić information content (AvgIpc) is 2.85. The largest absolute Gasteiger partial charge is 0.466 e. The molecule has 0 fully saturated rings. The fraction of sp³-hybridized carbons (Fsp3) is 0.933. The first-order valence-electron chi connectivity index (χ1n) is 15.1. The lowest BCUT2D eigenvalue weighted by Crippen LogP contribution is -2.12. The van der Waals surface area contributed by atoms with Crippen LogP contribution in [-0.2, 0) is 23.8 Å². The van der Waals surface area contributed by atoms with Crippen molar-refractivity contribution in [1.29, 1.82) is 0 Å². The standard InChI is InChI=1S/C30H58O5/c1-3-5-7-9-11-13-15-17-19-21-25-34-29(31)23-27-33-28-24-30(32)35-26-22-20-18-16-14-12-10-8-6-4-2/h3-28H2,1-2H3. The second-order valence-corrected chi connectivity index (χ2v) is 9.92. The molecule has 0 saturated heterocycles. The second kappa shape index (κ2) is 29.1. The molecule has 0 aliphatic heterocycles. The zero-order chi connectivity index (χ0) is 25.7. The molecule has 0 aromatic heterocycles. The summed E-state index contributed by atoms with van der Waals surface area (Å²) in [6, 6.07) is 0. The smallest absolute Gasteiger partial charge is 0.308 e. The van der Waals surface area contributed by atoms with Crippen LogP contribution >= 0.6 is 0 Å². The van der Waals surface area contributed by atoms with E-state index < -0.39 is 0 Å². The second-order valence-electron chi connectivity index (χ2n) is 9.92. The molecule has 0 spiro atoms. The number of hydrogen-bond donors (Lipinski definition) is 0. The van der Waals surface area contributed by atoms with E-state index in [1.807, 2.05) is 0 Å². The van der Waals surface area contributed by atoms with Gasteiger partial charge in [0, 0.05) is 0 Å². The van der Waals surface area contributed by atoms with Crippen molar-refractivity contribution in [1.82, 2.24) is 0 Å². The number of ether oxygens (including phenoxy) is 3. The molecular formula is C30H58O5. The third-order valence-corrected chi connectivity index (χ3v) is 6.42. The number of carbonyl (C=O) groups excluding carboxylic acids is 2. The summed E-state index contributed by atoms with van der Waals surface area (Å²) in [6.07, 6.45) is 25.8. The summed E-state index contributed by atoms with van der Waals surface area (Å²) in [5, 5.41) is 0. The van der Waals surface area contributed by atoms with Gasteiger partial charge >= 0.3 is 11.9 Å². The Kier molecular flexibility index (Phi) is 28.2. The molecule has 0 aliphatic rings. The third-order valence-electron chi connectivity index (χ3n) is 6.42. The van der Waals surface area contributed by atoms with E-state index in [-0.39, 0.29) is 24.8 Å². The maximum atomic E-state index is 11.7. The van der Waals surface area contributed by atoms with Crippen LogP contribution in [0.2, 0.25) is 0 Å². The van der Waals surface area contributed by atoms with Crippen molar-refractivity contribution in [2.45, 2.75) is 155 Å². The Labute approximate surface area is 217 Å². The van der Waals surface area contributed by atoms with Crippen molar-refractivity contribution in [3.05, 3.63) is 0 Å². The molecule has 208 valence electrons. The topological polar surface area (TPSA) is 61.8 Å². The van der Waals surface area contributed by atoms with Gasteiger partial charge in [0.1, 0.15) is 0 Å². The lowest BCUT2D eigenvalue weighted by molar-refractivity contribution is -0.145. The van der Waals surface area contributed by atoms with E-state index in [4.69, 9.17) is 14.2 Å². The molecule has 5 nitrogen and oxygen atoms in total. The molecule has 0 aromatic carbocycles. The fourth-order valence-electron chi connectivity index (χ4n) is 4.11. The highest BCUT2D eigenvalue weighted by molar-refractivity contribution is 5.70. The van der Waals surface area contributed by atoms with Crippen molar-refractivity contribution in [3.8, 4) is 0 Å². The van der Waals surface area contributed by atoms with E-state index in [9.17, 15) is 9.59 Å². The molecule has 0 bridgehead atoms. The van der Waals surface area contributed by atoms with E-state index in [1.165, 1.54) is 103 Å². The van der Waals surface area contributed by atoms with Crippen molar-refractivity contribution in [2.24, 2.45) is 0 Å². The van der Waals surface area contributed by atoms with E-state index in [1.54, 1.807) is 0 Å². The summed E-state index contributed by atoms with van der Waals surface area (Å²) in [7, 11) is 0. The van der Waals surface area contributed by atoms with Gasteiger partial charge in [-0.25, -0.2) is 0 Å². The van der Waals surface area contributed by atoms with Crippen LogP contribution in [0.1, 0.15) is 155 Å². The molecular weight excluding hydrogens is 440 g/mol. The van der Waals surface area contributed by atoms with Crippen LogP contribution in [0.3, 0.4) is 0 Å². The molecule has 0 N–H and O–H groups in total. The maximum Gasteiger partial charge on any atom is 0.308 e. The average molecular weight is 499 g/mol. The van der Waals surface area contributed by atoms with Gasteiger partial charge in [-0.15, -0.1) is 0 Å². The van der Waals surface area contributed by atoms with Gasteiger partial charge in [0.2, 0.25) is 0 Å². The third kappa shape index (κ3) is 29.0. The molecule has 0 aliphatic carbocycles. The van der Waals surface area contributed by atoms with Gasteiger partial charge in [-0.1, -0.05) is 129 Å². The minimum absolute atomic E-state index is 0.218. The predicted molar refractivity (Wildman–Crippen MR) is 146 cm³/mol. The monoisotopic (exact) mass is 498 g/mol. The van der Waals surface area contributed by atoms with Crippen LogP contribution in [-0.4, -0.2) is 38.4 Å². The SMILES string of the molecule is CCCCCCCCCCCCOC(=O)CCOCCC(=O)OCCCCCCCCCCCC. The van der Waals surface area contributed by atoms with Crippen LogP contribution in [0.4, 0.5) is 0 Å². The molecule has 0 heterocycles. The highest BCUT2D eigenvalue weighted by atomic mass is 16.5. The van der Waals surface area contributed by atoms with Gasteiger partial charge in [-0.2, -0.15) is 0 Å². The molecule has 35 heavy (non-hydrogen) atoms. The number of unbranched alkanes of at least 4 members (excludes halogenated alkanes) is 18. The number of carbonyl (C=O) groups is 2. The van der Waals surface area contributed by atoms with Gasteiger partial charge in [0.25, 0.3) is 0 Å². The van der Waals surface area contributed by atoms with Crippen molar-refractivity contribution < 1.29 is 23.8 Å². The van der Waals surface area contributed by atoms with Crippen LogP contribution in [0.25, 0.3) is 0 Å². The predicted octanol–water partition coefficient (Wildman–Crippen LogP) is 8.71. The minimum atomic E-state index is -0.218. The first-order chi connectivity index (χ1) is 17.2. The molecule has 0 rings (SSSR count). The van der Waals surface area contributed by atoms with Crippen LogP contribution in [0, 0.1) is 0 Å². The molecule has 0 unspecified atom stereocenters. The quantitative estimate of drug-likeness (QED) is 0.0797. The van der Waals surface area contributed by atoms with E-state index >= 15 is 0 Å². The van der Waals surface area contributed by atoms with Gasteiger partial charge in [-0.05, 0) is 12.8 Å². The molecule has 0 radical (unpaired) electrons. The van der Waals surface area contributed by atoms with Crippen molar-refractivity contribution >= 4 is 11.9 Å². The Balaban J connectivity index is 3.27. The number of esters is 2.